The molecule has 5 heterocycles. The number of nitrogens with one attached hydrogen (secondary N) is 4. The molecular weight excluding hydrogens is 971 g/mol. The van der Waals surface area contributed by atoms with E-state index >= 15 is 0 Å². The molecule has 378 valence electrons. The van der Waals surface area contributed by atoms with Crippen LogP contribution in [0.2, 0.25) is 0 Å². The number of thiazole rings is 2. The summed E-state index contributed by atoms with van der Waals surface area (Å²) >= 11 is 2.92. The lowest BCUT2D eigenvalue weighted by molar-refractivity contribution is -0.0262. The van der Waals surface area contributed by atoms with Gasteiger partial charge in [0.1, 0.15) is 68.3 Å². The summed E-state index contributed by atoms with van der Waals surface area (Å²) in [4.78, 5) is 33.9. The Balaban J connectivity index is 0.877. The van der Waals surface area contributed by atoms with Crippen LogP contribution in [-0.4, -0.2) is 123 Å². The van der Waals surface area contributed by atoms with Crippen molar-refractivity contribution < 1.29 is 39.7 Å². The number of benzene rings is 3. The summed E-state index contributed by atoms with van der Waals surface area (Å²) in [5.41, 5.74) is 3.45. The van der Waals surface area contributed by atoms with Crippen molar-refractivity contribution in [1.29, 1.82) is 0 Å². The van der Waals surface area contributed by atoms with Crippen LogP contribution in [0, 0.1) is 25.7 Å². The van der Waals surface area contributed by atoms with Crippen LogP contribution in [0.5, 0.6) is 17.2 Å². The number of pyridine rings is 1. The second-order valence-corrected chi connectivity index (χ2v) is 21.5. The van der Waals surface area contributed by atoms with Crippen molar-refractivity contribution >= 4 is 72.3 Å². The van der Waals surface area contributed by atoms with Gasteiger partial charge in [-0.1, -0.05) is 30.3 Å². The Kier molecular flexibility index (Phi) is 12.5. The summed E-state index contributed by atoms with van der Waals surface area (Å²) in [5, 5.41) is 70.4. The minimum absolute atomic E-state index is 0.236. The highest BCUT2D eigenvalue weighted by atomic mass is 32.1. The van der Waals surface area contributed by atoms with E-state index in [9.17, 15) is 25.5 Å². The van der Waals surface area contributed by atoms with Crippen molar-refractivity contribution in [2.45, 2.75) is 88.2 Å². The first kappa shape index (κ1) is 48.4. The van der Waals surface area contributed by atoms with Crippen LogP contribution in [0.4, 0.5) is 29.2 Å². The molecule has 8 aromatic rings. The van der Waals surface area contributed by atoms with Crippen LogP contribution < -0.4 is 35.5 Å². The fourth-order valence-corrected chi connectivity index (χ4v) is 12.4. The van der Waals surface area contributed by atoms with Crippen molar-refractivity contribution in [1.82, 2.24) is 34.9 Å². The molecule has 3 fully saturated rings. The molecule has 19 nitrogen and oxygen atoms in total. The standard InChI is InChI=1S/C52H55N11O8S2/c1-24-39(46(58-35-21-32-43(66)52(32,68)44(35)67)61-49(54-24)56-28-17-30(69-5)19-31(18-28)70-6)47-59-33-20-29(12-13-37(33)72-47)71-42-26(23-64)16-34(41(42)65)57-45-40(48-60-36-22-53-15-14-38(36)73-48)25(2)55-50(62-45)63-51(3,4)27-10-8-7-9-11-27/h7-15,17-20,22,26,32,34-35,41-44,64-68H,16,21,23H2,1-6H3,(H2,54,56,58,61)(H2,55,57,62,63). The first-order valence-corrected chi connectivity index (χ1v) is 25.6. The van der Waals surface area contributed by atoms with E-state index < -0.39 is 59.5 Å². The lowest BCUT2D eigenvalue weighted by atomic mass is 9.94. The normalized spacial score (nSPS) is 24.4. The smallest absolute Gasteiger partial charge is 0.229 e. The minimum Gasteiger partial charge on any atom is -0.497 e. The van der Waals surface area contributed by atoms with Gasteiger partial charge in [0, 0.05) is 54.6 Å². The summed E-state index contributed by atoms with van der Waals surface area (Å²) in [6.45, 7) is 7.65. The predicted molar refractivity (Wildman–Crippen MR) is 280 cm³/mol. The molecule has 0 bridgehead atoms. The molecule has 0 radical (unpaired) electrons. The molecule has 0 saturated heterocycles. The summed E-state index contributed by atoms with van der Waals surface area (Å²) in [7, 11) is 3.13. The van der Waals surface area contributed by atoms with E-state index in [-0.39, 0.29) is 12.6 Å². The predicted octanol–water partition coefficient (Wildman–Crippen LogP) is 6.81. The van der Waals surface area contributed by atoms with Gasteiger partial charge in [-0.3, -0.25) is 4.98 Å². The Bertz CT molecular complexity index is 3310. The highest BCUT2D eigenvalue weighted by Gasteiger charge is 2.74. The van der Waals surface area contributed by atoms with Gasteiger partial charge >= 0.3 is 0 Å². The molecule has 3 aromatic carbocycles. The van der Waals surface area contributed by atoms with Gasteiger partial charge in [-0.05, 0) is 64.3 Å². The maximum atomic E-state index is 12.1. The topological polar surface area (TPSA) is 267 Å². The number of aromatic nitrogens is 7. The molecule has 0 spiro atoms. The highest BCUT2D eigenvalue weighted by Crippen LogP contribution is 2.56. The van der Waals surface area contributed by atoms with Crippen molar-refractivity contribution in [3.63, 3.8) is 0 Å². The largest absolute Gasteiger partial charge is 0.497 e. The minimum atomic E-state index is -1.59. The van der Waals surface area contributed by atoms with Gasteiger partial charge in [0.25, 0.3) is 0 Å². The van der Waals surface area contributed by atoms with Crippen LogP contribution in [0.15, 0.2) is 85.2 Å². The molecule has 3 aliphatic rings. The highest BCUT2D eigenvalue weighted by molar-refractivity contribution is 7.22. The van der Waals surface area contributed by atoms with Gasteiger partial charge in [-0.15, -0.1) is 22.7 Å². The zero-order valence-corrected chi connectivity index (χ0v) is 42.4. The molecule has 21 heteroatoms. The van der Waals surface area contributed by atoms with Crippen molar-refractivity contribution in [3.8, 4) is 38.4 Å². The van der Waals surface area contributed by atoms with Crippen molar-refractivity contribution in [2.75, 3.05) is 42.1 Å². The van der Waals surface area contributed by atoms with E-state index in [1.807, 2.05) is 62.4 Å². The summed E-state index contributed by atoms with van der Waals surface area (Å²) in [5.74, 6) is 2.16. The number of methoxy groups -OCH3 is 2. The molecular formula is C52H55N11O8S2. The third-order valence-electron chi connectivity index (χ3n) is 14.3. The summed E-state index contributed by atoms with van der Waals surface area (Å²) in [6.07, 6.45) is 0.0273. The molecule has 11 rings (SSSR count). The van der Waals surface area contributed by atoms with E-state index in [1.165, 1.54) is 22.7 Å². The number of aliphatic hydroxyl groups excluding tert-OH is 4. The molecule has 3 saturated carbocycles. The maximum absolute atomic E-state index is 12.1. The van der Waals surface area contributed by atoms with Crippen LogP contribution in [0.25, 0.3) is 41.6 Å². The fraction of sp³-hybridized carbons (Fsp3) is 0.365. The van der Waals surface area contributed by atoms with Gasteiger partial charge in [0.15, 0.2) is 0 Å². The Labute approximate surface area is 427 Å². The van der Waals surface area contributed by atoms with E-state index in [2.05, 4.69) is 40.1 Å². The molecule has 0 amide bonds. The molecule has 5 aromatic heterocycles. The third kappa shape index (κ3) is 8.97. The number of hydrogen-bond donors (Lipinski definition) is 9. The van der Waals surface area contributed by atoms with Crippen LogP contribution in [-0.2, 0) is 5.54 Å². The monoisotopic (exact) mass is 1030 g/mol. The first-order valence-electron chi connectivity index (χ1n) is 23.9. The number of aryl methyl sites for hydroxylation is 2. The lowest BCUT2D eigenvalue weighted by Crippen LogP contribution is -2.42. The molecule has 9 N–H and O–H groups in total. The lowest BCUT2D eigenvalue weighted by Gasteiger charge is -2.28. The van der Waals surface area contributed by atoms with Gasteiger partial charge in [-0.25, -0.2) is 19.9 Å². The third-order valence-corrected chi connectivity index (χ3v) is 16.4. The SMILES string of the molecule is COc1cc(Nc2nc(C)c(-c3nc4cc(OC5C(CO)CC(Nc6nc(NC(C)(C)c7ccccc7)nc(C)c6-c6nc7cnccc7s6)C5O)ccc4s3)c(NC3CC4C(O)C4(O)C3O)n2)cc(OC)c1. The van der Waals surface area contributed by atoms with Gasteiger partial charge in [-0.2, -0.15) is 9.97 Å². The molecule has 73 heavy (non-hydrogen) atoms. The Morgan fingerprint density at radius 1 is 0.712 bits per heavy atom. The first-order chi connectivity index (χ1) is 35.1. The van der Waals surface area contributed by atoms with Gasteiger partial charge in [0.2, 0.25) is 11.9 Å². The number of ether oxygens (including phenoxy) is 3. The Morgan fingerprint density at radius 2 is 1.36 bits per heavy atom. The van der Waals surface area contributed by atoms with E-state index in [1.54, 1.807) is 50.9 Å². The van der Waals surface area contributed by atoms with Gasteiger partial charge < -0.3 is 61.0 Å². The molecule has 9 unspecified atom stereocenters. The zero-order valence-electron chi connectivity index (χ0n) is 40.7. The average Bonchev–Trinajstić information content (AvgIpc) is 3.92. The summed E-state index contributed by atoms with van der Waals surface area (Å²) in [6, 6.07) is 21.6. The molecule has 0 aliphatic heterocycles. The Hall–Kier alpha value is -6.85. The second-order valence-electron chi connectivity index (χ2n) is 19.4. The van der Waals surface area contributed by atoms with Crippen molar-refractivity contribution in [3.05, 3.63) is 102 Å². The number of nitrogens with zero attached hydrogens (tertiary/aromatic N) is 7. The fourth-order valence-electron chi connectivity index (χ4n) is 10.3. The van der Waals surface area contributed by atoms with E-state index in [4.69, 9.17) is 44.1 Å². The average molecular weight is 1030 g/mol. The molecule has 9 atom stereocenters. The maximum Gasteiger partial charge on any atom is 0.229 e. The zero-order chi connectivity index (χ0) is 50.9. The molecule has 3 aliphatic carbocycles. The second kappa shape index (κ2) is 18.9. The van der Waals surface area contributed by atoms with Crippen LogP contribution in [0.1, 0.15) is 43.6 Å². The number of aliphatic hydroxyl groups is 5. The van der Waals surface area contributed by atoms with Crippen LogP contribution >= 0.6 is 22.7 Å². The van der Waals surface area contributed by atoms with Gasteiger partial charge in [0.05, 0.1) is 81.6 Å². The van der Waals surface area contributed by atoms with Crippen molar-refractivity contribution in [2.24, 2.45) is 11.8 Å². The van der Waals surface area contributed by atoms with E-state index in [0.29, 0.717) is 91.4 Å². The van der Waals surface area contributed by atoms with Crippen LogP contribution in [0.3, 0.4) is 0 Å². The number of fused-ring (bicyclic) bond motifs is 3. The number of rotatable bonds is 16. The summed E-state index contributed by atoms with van der Waals surface area (Å²) < 4.78 is 19.3. The number of anilines is 5. The number of hydrogen-bond acceptors (Lipinski definition) is 21. The van der Waals surface area contributed by atoms with E-state index in [0.717, 1.165) is 20.5 Å². The quantitative estimate of drug-likeness (QED) is 0.0481. The Morgan fingerprint density at radius 3 is 2.00 bits per heavy atom.